The molecule has 1 rings (SSSR count). The molecule has 22 heavy (non-hydrogen) atoms. The van der Waals surface area contributed by atoms with Crippen molar-refractivity contribution in [1.82, 2.24) is 0 Å². The van der Waals surface area contributed by atoms with Crippen molar-refractivity contribution >= 4 is 5.69 Å². The first-order chi connectivity index (χ1) is 10.6. The normalized spacial score (nSPS) is 13.6. The summed E-state index contributed by atoms with van der Waals surface area (Å²) in [6, 6.07) is 8.49. The van der Waals surface area contributed by atoms with Crippen molar-refractivity contribution in [2.24, 2.45) is 5.73 Å². The van der Waals surface area contributed by atoms with Gasteiger partial charge < -0.3 is 16.2 Å². The third kappa shape index (κ3) is 7.10. The van der Waals surface area contributed by atoms with Crippen molar-refractivity contribution in [1.29, 1.82) is 0 Å². The Hall–Kier alpha value is -1.32. The second kappa shape index (κ2) is 10.4. The summed E-state index contributed by atoms with van der Waals surface area (Å²) >= 11 is 0. The topological polar surface area (TPSA) is 58.3 Å². The maximum Gasteiger partial charge on any atom is 0.0746 e. The molecular weight excluding hydrogens is 272 g/mol. The monoisotopic (exact) mass is 304 g/mol. The lowest BCUT2D eigenvalue weighted by Crippen LogP contribution is -2.47. The fourth-order valence-corrected chi connectivity index (χ4v) is 2.36. The third-order valence-corrected chi connectivity index (χ3v) is 4.10. The van der Waals surface area contributed by atoms with Gasteiger partial charge in [0.1, 0.15) is 0 Å². The lowest BCUT2D eigenvalue weighted by molar-refractivity contribution is 0.234. The van der Waals surface area contributed by atoms with Gasteiger partial charge in [-0.05, 0) is 30.5 Å². The molecule has 4 N–H and O–H groups in total. The van der Waals surface area contributed by atoms with Crippen LogP contribution >= 0.6 is 0 Å². The van der Waals surface area contributed by atoms with Gasteiger partial charge in [-0.25, -0.2) is 0 Å². The van der Waals surface area contributed by atoms with Crippen LogP contribution in [-0.4, -0.2) is 23.8 Å². The summed E-state index contributed by atoms with van der Waals surface area (Å²) in [5, 5.41) is 12.5. The van der Waals surface area contributed by atoms with Crippen LogP contribution < -0.4 is 11.1 Å². The van der Waals surface area contributed by atoms with Gasteiger partial charge in [-0.1, -0.05) is 57.2 Å². The minimum absolute atomic E-state index is 0.111. The lowest BCUT2D eigenvalue weighted by Gasteiger charge is -2.23. The molecule has 1 atom stereocenters. The molecule has 124 valence electrons. The number of aliphatic hydroxyl groups is 1. The van der Waals surface area contributed by atoms with Crippen molar-refractivity contribution in [2.45, 2.75) is 57.4 Å². The molecule has 0 amide bonds. The van der Waals surface area contributed by atoms with E-state index in [0.717, 1.165) is 12.1 Å². The first-order valence-electron chi connectivity index (χ1n) is 8.49. The Balaban J connectivity index is 2.29. The molecule has 0 aromatic heterocycles. The number of hydrogen-bond acceptors (Lipinski definition) is 3. The van der Waals surface area contributed by atoms with Gasteiger partial charge in [0.05, 0.1) is 12.1 Å². The van der Waals surface area contributed by atoms with Crippen LogP contribution in [0.3, 0.4) is 0 Å². The summed E-state index contributed by atoms with van der Waals surface area (Å²) in [6.07, 6.45) is 10.7. The molecule has 0 aliphatic heterocycles. The Morgan fingerprint density at radius 3 is 2.36 bits per heavy atom. The van der Waals surface area contributed by atoms with Crippen LogP contribution in [0, 0.1) is 0 Å². The van der Waals surface area contributed by atoms with E-state index in [1.165, 1.54) is 44.1 Å². The number of nitrogens with two attached hydrogens (primary N) is 1. The van der Waals surface area contributed by atoms with E-state index in [9.17, 15) is 5.11 Å². The van der Waals surface area contributed by atoms with Gasteiger partial charge in [0.2, 0.25) is 0 Å². The zero-order valence-electron chi connectivity index (χ0n) is 14.0. The Labute approximate surface area is 135 Å². The minimum Gasteiger partial charge on any atom is -0.394 e. The second-order valence-corrected chi connectivity index (χ2v) is 6.16. The number of unbranched alkanes of at least 4 members (excludes halogenated alkanes) is 5. The first kappa shape index (κ1) is 18.7. The molecule has 0 saturated heterocycles. The maximum absolute atomic E-state index is 9.25. The van der Waals surface area contributed by atoms with E-state index in [4.69, 9.17) is 5.73 Å². The van der Waals surface area contributed by atoms with Gasteiger partial charge in [-0.3, -0.25) is 0 Å². The number of hydrogen-bond donors (Lipinski definition) is 3. The van der Waals surface area contributed by atoms with Crippen LogP contribution in [0.2, 0.25) is 0 Å². The fourth-order valence-electron chi connectivity index (χ4n) is 2.36. The van der Waals surface area contributed by atoms with Crippen molar-refractivity contribution in [3.8, 4) is 0 Å². The molecule has 0 spiro atoms. The van der Waals surface area contributed by atoms with E-state index in [1.807, 2.05) is 0 Å². The smallest absolute Gasteiger partial charge is 0.0746 e. The third-order valence-electron chi connectivity index (χ3n) is 4.10. The SMILES string of the molecule is C=C[C@](N)(CO)CNc1ccc(CCCCCCCC)cc1. The predicted molar refractivity (Wildman–Crippen MR) is 96.2 cm³/mol. The zero-order chi connectivity index (χ0) is 16.3. The van der Waals surface area contributed by atoms with Crippen molar-refractivity contribution in [2.75, 3.05) is 18.5 Å². The van der Waals surface area contributed by atoms with Gasteiger partial charge in [0.15, 0.2) is 0 Å². The Morgan fingerprint density at radius 1 is 1.14 bits per heavy atom. The predicted octanol–water partition coefficient (Wildman–Crippen LogP) is 3.88. The average Bonchev–Trinajstić information content (AvgIpc) is 2.57. The summed E-state index contributed by atoms with van der Waals surface area (Å²) in [5.41, 5.74) is 7.60. The standard InChI is InChI=1S/C19H32N2O/c1-3-5-6-7-8-9-10-17-11-13-18(14-12-17)21-15-19(20,4-2)16-22/h4,11-14,21-22H,2-3,5-10,15-16,20H2,1H3/t19-/m1/s1. The van der Waals surface area contributed by atoms with E-state index in [0.29, 0.717) is 6.54 Å². The number of aryl methyl sites for hydroxylation is 1. The lowest BCUT2D eigenvalue weighted by atomic mass is 10.0. The number of anilines is 1. The summed E-state index contributed by atoms with van der Waals surface area (Å²) < 4.78 is 0. The Bertz CT molecular complexity index is 416. The molecule has 1 aromatic carbocycles. The van der Waals surface area contributed by atoms with Crippen LogP contribution in [-0.2, 0) is 6.42 Å². The van der Waals surface area contributed by atoms with Crippen LogP contribution in [0.4, 0.5) is 5.69 Å². The number of benzene rings is 1. The molecule has 0 radical (unpaired) electrons. The summed E-state index contributed by atoms with van der Waals surface area (Å²) in [6.45, 7) is 6.28. The van der Waals surface area contributed by atoms with Crippen LogP contribution in [0.1, 0.15) is 51.0 Å². The van der Waals surface area contributed by atoms with E-state index in [2.05, 4.69) is 43.1 Å². The molecule has 3 nitrogen and oxygen atoms in total. The maximum atomic E-state index is 9.25. The van der Waals surface area contributed by atoms with Gasteiger partial charge >= 0.3 is 0 Å². The molecular formula is C19H32N2O. The highest BCUT2D eigenvalue weighted by Crippen LogP contribution is 2.14. The number of nitrogens with one attached hydrogen (secondary N) is 1. The highest BCUT2D eigenvalue weighted by atomic mass is 16.3. The Morgan fingerprint density at radius 2 is 1.77 bits per heavy atom. The first-order valence-corrected chi connectivity index (χ1v) is 8.49. The summed E-state index contributed by atoms with van der Waals surface area (Å²) in [7, 11) is 0. The quantitative estimate of drug-likeness (QED) is 0.406. The van der Waals surface area contributed by atoms with Crippen molar-refractivity contribution in [3.63, 3.8) is 0 Å². The molecule has 0 aliphatic carbocycles. The zero-order valence-corrected chi connectivity index (χ0v) is 14.0. The number of rotatable bonds is 12. The molecule has 3 heteroatoms. The molecule has 0 heterocycles. The van der Waals surface area contributed by atoms with E-state index in [1.54, 1.807) is 6.08 Å². The minimum atomic E-state index is -0.767. The molecule has 0 bridgehead atoms. The fraction of sp³-hybridized carbons (Fsp3) is 0.579. The van der Waals surface area contributed by atoms with E-state index in [-0.39, 0.29) is 6.61 Å². The summed E-state index contributed by atoms with van der Waals surface area (Å²) in [4.78, 5) is 0. The summed E-state index contributed by atoms with van der Waals surface area (Å²) in [5.74, 6) is 0. The van der Waals surface area contributed by atoms with Gasteiger partial charge in [0, 0.05) is 12.2 Å². The van der Waals surface area contributed by atoms with Crippen LogP contribution in [0.25, 0.3) is 0 Å². The van der Waals surface area contributed by atoms with Gasteiger partial charge in [0.25, 0.3) is 0 Å². The largest absolute Gasteiger partial charge is 0.394 e. The van der Waals surface area contributed by atoms with Crippen LogP contribution in [0.15, 0.2) is 36.9 Å². The second-order valence-electron chi connectivity index (χ2n) is 6.16. The Kier molecular flexibility index (Phi) is 8.86. The van der Waals surface area contributed by atoms with Gasteiger partial charge in [-0.2, -0.15) is 0 Å². The van der Waals surface area contributed by atoms with E-state index >= 15 is 0 Å². The van der Waals surface area contributed by atoms with Gasteiger partial charge in [-0.15, -0.1) is 6.58 Å². The average molecular weight is 304 g/mol. The molecule has 0 saturated carbocycles. The number of aliphatic hydroxyl groups excluding tert-OH is 1. The highest BCUT2D eigenvalue weighted by molar-refractivity contribution is 5.45. The van der Waals surface area contributed by atoms with Crippen molar-refractivity contribution < 1.29 is 5.11 Å². The molecule has 0 unspecified atom stereocenters. The highest BCUT2D eigenvalue weighted by Gasteiger charge is 2.18. The van der Waals surface area contributed by atoms with E-state index < -0.39 is 5.54 Å². The van der Waals surface area contributed by atoms with Crippen LogP contribution in [0.5, 0.6) is 0 Å². The molecule has 1 aromatic rings. The van der Waals surface area contributed by atoms with Crippen molar-refractivity contribution in [3.05, 3.63) is 42.5 Å². The molecule has 0 aliphatic rings. The molecule has 0 fully saturated rings.